The number of carbonyl (C=O) groups is 1. The number of ether oxygens (including phenoxy) is 1. The van der Waals surface area contributed by atoms with Crippen molar-refractivity contribution in [1.82, 2.24) is 0 Å². The van der Waals surface area contributed by atoms with E-state index < -0.39 is 5.97 Å². The van der Waals surface area contributed by atoms with E-state index in [4.69, 9.17) is 9.84 Å². The summed E-state index contributed by atoms with van der Waals surface area (Å²) in [4.78, 5) is 11.0. The number of carboxylic acids is 1. The van der Waals surface area contributed by atoms with Crippen LogP contribution in [0.1, 0.15) is 36.2 Å². The van der Waals surface area contributed by atoms with Crippen molar-refractivity contribution in [3.05, 3.63) is 53.6 Å². The van der Waals surface area contributed by atoms with E-state index in [2.05, 4.69) is 6.07 Å². The zero-order valence-electron chi connectivity index (χ0n) is 12.5. The number of carboxylic acid groups (broad SMARTS) is 1. The molecule has 0 heterocycles. The first kappa shape index (κ1) is 15.6. The van der Waals surface area contributed by atoms with Crippen LogP contribution in [-0.4, -0.2) is 17.2 Å². The Labute approximate surface area is 129 Å². The molecule has 1 unspecified atom stereocenters. The molecule has 0 bridgehead atoms. The molecule has 0 saturated carbocycles. The van der Waals surface area contributed by atoms with Gasteiger partial charge in [-0.15, -0.1) is 0 Å². The maximum atomic E-state index is 11.0. The van der Waals surface area contributed by atoms with Crippen molar-refractivity contribution >= 4 is 5.97 Å². The molecule has 0 radical (unpaired) electrons. The van der Waals surface area contributed by atoms with E-state index in [1.54, 1.807) is 24.3 Å². The fraction of sp³-hybridized carbons (Fsp3) is 0.222. The van der Waals surface area contributed by atoms with E-state index in [-0.39, 0.29) is 11.7 Å². The van der Waals surface area contributed by atoms with Crippen LogP contribution in [0, 0.1) is 11.3 Å². The first-order chi connectivity index (χ1) is 10.5. The second-order valence-electron chi connectivity index (χ2n) is 5.05. The SMILES string of the molecule is CCC(C)Oc1ccc(-c2cccc(C(=O)O)c2)cc1C#N. The largest absolute Gasteiger partial charge is 0.489 e. The van der Waals surface area contributed by atoms with E-state index in [1.165, 1.54) is 6.07 Å². The molecule has 112 valence electrons. The van der Waals surface area contributed by atoms with Crippen LogP contribution in [-0.2, 0) is 0 Å². The van der Waals surface area contributed by atoms with E-state index >= 15 is 0 Å². The van der Waals surface area contributed by atoms with E-state index in [0.29, 0.717) is 11.3 Å². The van der Waals surface area contributed by atoms with Crippen molar-refractivity contribution in [1.29, 1.82) is 5.26 Å². The smallest absolute Gasteiger partial charge is 0.335 e. The molecule has 0 aromatic heterocycles. The van der Waals surface area contributed by atoms with Crippen molar-refractivity contribution in [3.8, 4) is 22.9 Å². The second kappa shape index (κ2) is 6.77. The summed E-state index contributed by atoms with van der Waals surface area (Å²) in [6.07, 6.45) is 0.890. The van der Waals surface area contributed by atoms with Crippen LogP contribution in [0.3, 0.4) is 0 Å². The molecule has 4 nitrogen and oxygen atoms in total. The molecule has 1 atom stereocenters. The highest BCUT2D eigenvalue weighted by atomic mass is 16.5. The average Bonchev–Trinajstić information content (AvgIpc) is 2.55. The highest BCUT2D eigenvalue weighted by molar-refractivity contribution is 5.89. The molecule has 0 aliphatic carbocycles. The monoisotopic (exact) mass is 295 g/mol. The van der Waals surface area contributed by atoms with Gasteiger partial charge in [0.15, 0.2) is 0 Å². The Morgan fingerprint density at radius 1 is 1.27 bits per heavy atom. The molecule has 0 spiro atoms. The molecule has 0 amide bonds. The van der Waals surface area contributed by atoms with Gasteiger partial charge in [-0.3, -0.25) is 0 Å². The van der Waals surface area contributed by atoms with Gasteiger partial charge < -0.3 is 9.84 Å². The topological polar surface area (TPSA) is 70.3 Å². The van der Waals surface area contributed by atoms with Crippen LogP contribution in [0.5, 0.6) is 5.75 Å². The molecule has 4 heteroatoms. The Hall–Kier alpha value is -2.80. The molecule has 0 fully saturated rings. The van der Waals surface area contributed by atoms with Gasteiger partial charge >= 0.3 is 5.97 Å². The molecule has 0 saturated heterocycles. The highest BCUT2D eigenvalue weighted by Gasteiger charge is 2.10. The first-order valence-electron chi connectivity index (χ1n) is 7.09. The minimum absolute atomic E-state index is 0.0355. The number of aromatic carboxylic acids is 1. The molecule has 2 aromatic rings. The average molecular weight is 295 g/mol. The number of nitrogens with zero attached hydrogens (tertiary/aromatic N) is 1. The molecular formula is C18H17NO3. The fourth-order valence-corrected chi connectivity index (χ4v) is 2.03. The number of benzene rings is 2. The lowest BCUT2D eigenvalue weighted by Gasteiger charge is -2.14. The van der Waals surface area contributed by atoms with Gasteiger partial charge in [-0.05, 0) is 48.7 Å². The van der Waals surface area contributed by atoms with Gasteiger partial charge in [0.2, 0.25) is 0 Å². The summed E-state index contributed by atoms with van der Waals surface area (Å²) in [5, 5.41) is 18.3. The second-order valence-corrected chi connectivity index (χ2v) is 5.05. The Morgan fingerprint density at radius 3 is 2.64 bits per heavy atom. The zero-order chi connectivity index (χ0) is 16.1. The van der Waals surface area contributed by atoms with Crippen LogP contribution in [0.4, 0.5) is 0 Å². The number of nitriles is 1. The lowest BCUT2D eigenvalue weighted by atomic mass is 10.0. The van der Waals surface area contributed by atoms with Crippen LogP contribution in [0.15, 0.2) is 42.5 Å². The zero-order valence-corrected chi connectivity index (χ0v) is 12.5. The van der Waals surface area contributed by atoms with Gasteiger partial charge in [0.05, 0.1) is 17.2 Å². The summed E-state index contributed by atoms with van der Waals surface area (Å²) in [6.45, 7) is 3.97. The minimum atomic E-state index is -0.973. The van der Waals surface area contributed by atoms with E-state index in [1.807, 2.05) is 26.0 Å². The van der Waals surface area contributed by atoms with Crippen LogP contribution in [0.2, 0.25) is 0 Å². The molecule has 2 aromatic carbocycles. The van der Waals surface area contributed by atoms with Crippen molar-refractivity contribution in [2.45, 2.75) is 26.4 Å². The lowest BCUT2D eigenvalue weighted by molar-refractivity contribution is 0.0697. The lowest BCUT2D eigenvalue weighted by Crippen LogP contribution is -2.10. The standard InChI is InChI=1S/C18H17NO3/c1-3-12(2)22-17-8-7-14(10-16(17)11-19)13-5-4-6-15(9-13)18(20)21/h4-10,12H,3H2,1-2H3,(H,20,21). The van der Waals surface area contributed by atoms with E-state index in [0.717, 1.165) is 17.5 Å². The van der Waals surface area contributed by atoms with Crippen molar-refractivity contribution in [2.75, 3.05) is 0 Å². The molecule has 22 heavy (non-hydrogen) atoms. The Kier molecular flexibility index (Phi) is 4.80. The first-order valence-corrected chi connectivity index (χ1v) is 7.09. The number of hydrogen-bond acceptors (Lipinski definition) is 3. The van der Waals surface area contributed by atoms with Gasteiger partial charge in [-0.1, -0.05) is 25.1 Å². The summed E-state index contributed by atoms with van der Waals surface area (Å²) in [5.41, 5.74) is 2.21. The number of rotatable bonds is 5. The maximum Gasteiger partial charge on any atom is 0.335 e. The third kappa shape index (κ3) is 3.44. The third-order valence-electron chi connectivity index (χ3n) is 3.45. The van der Waals surface area contributed by atoms with E-state index in [9.17, 15) is 10.1 Å². The Balaban J connectivity index is 2.39. The van der Waals surface area contributed by atoms with Gasteiger partial charge in [-0.25, -0.2) is 4.79 Å². The summed E-state index contributed by atoms with van der Waals surface area (Å²) in [6, 6.07) is 14.1. The predicted octanol–water partition coefficient (Wildman–Crippen LogP) is 4.10. The molecule has 0 aliphatic heterocycles. The predicted molar refractivity (Wildman–Crippen MR) is 83.9 cm³/mol. The van der Waals surface area contributed by atoms with Crippen LogP contribution < -0.4 is 4.74 Å². The van der Waals surface area contributed by atoms with Crippen molar-refractivity contribution in [2.24, 2.45) is 0 Å². The van der Waals surface area contributed by atoms with Gasteiger partial charge in [0, 0.05) is 0 Å². The Bertz CT molecular complexity index is 731. The normalized spacial score (nSPS) is 11.5. The fourth-order valence-electron chi connectivity index (χ4n) is 2.03. The molecule has 2 rings (SSSR count). The quantitative estimate of drug-likeness (QED) is 0.901. The maximum absolute atomic E-state index is 11.0. The van der Waals surface area contributed by atoms with Crippen molar-refractivity contribution < 1.29 is 14.6 Å². The summed E-state index contributed by atoms with van der Waals surface area (Å²) in [7, 11) is 0. The molecule has 1 N–H and O–H groups in total. The van der Waals surface area contributed by atoms with Gasteiger partial charge in [-0.2, -0.15) is 5.26 Å². The molecule has 0 aliphatic rings. The third-order valence-corrected chi connectivity index (χ3v) is 3.45. The Morgan fingerprint density at radius 2 is 2.00 bits per heavy atom. The van der Waals surface area contributed by atoms with Crippen LogP contribution in [0.25, 0.3) is 11.1 Å². The van der Waals surface area contributed by atoms with Crippen LogP contribution >= 0.6 is 0 Å². The highest BCUT2D eigenvalue weighted by Crippen LogP contribution is 2.27. The van der Waals surface area contributed by atoms with Gasteiger partial charge in [0.25, 0.3) is 0 Å². The van der Waals surface area contributed by atoms with Crippen molar-refractivity contribution in [3.63, 3.8) is 0 Å². The summed E-state index contributed by atoms with van der Waals surface area (Å²) in [5.74, 6) is -0.422. The number of hydrogen-bond donors (Lipinski definition) is 1. The minimum Gasteiger partial charge on any atom is -0.489 e. The molecular weight excluding hydrogens is 278 g/mol. The summed E-state index contributed by atoms with van der Waals surface area (Å²) >= 11 is 0. The van der Waals surface area contributed by atoms with Gasteiger partial charge in [0.1, 0.15) is 11.8 Å². The summed E-state index contributed by atoms with van der Waals surface area (Å²) < 4.78 is 5.72.